The summed E-state index contributed by atoms with van der Waals surface area (Å²) >= 11 is 0. The number of nitrogens with zero attached hydrogens (tertiary/aromatic N) is 5. The van der Waals surface area contributed by atoms with Crippen LogP contribution >= 0.6 is 0 Å². The molecule has 2 aromatic heterocycles. The summed E-state index contributed by atoms with van der Waals surface area (Å²) in [6.07, 6.45) is 6.69. The van der Waals surface area contributed by atoms with Crippen molar-refractivity contribution in [3.8, 4) is 17.0 Å². The van der Waals surface area contributed by atoms with Crippen LogP contribution in [-0.2, 0) is 4.74 Å². The number of aliphatic hydroxyl groups is 1. The molecule has 1 saturated carbocycles. The SMILES string of the molecule is COC[C@]1(O)CCCC[C@H]1n1cnc(C(=O)N2CCN(C(=O)O)C[C@H]2CCOc2ccc[n+]([O-])c2)c1-c1ccccc1. The lowest BCUT2D eigenvalue weighted by Gasteiger charge is -2.41. The van der Waals surface area contributed by atoms with E-state index in [1.807, 2.05) is 34.9 Å². The molecule has 0 bridgehead atoms. The van der Waals surface area contributed by atoms with Crippen molar-refractivity contribution < 1.29 is 34.0 Å². The molecule has 3 heterocycles. The monoisotopic (exact) mass is 579 g/mol. The molecule has 0 unspecified atom stereocenters. The average Bonchev–Trinajstić information content (AvgIpc) is 3.42. The first-order chi connectivity index (χ1) is 20.3. The number of amides is 2. The molecule has 1 aliphatic carbocycles. The van der Waals surface area contributed by atoms with Crippen LogP contribution in [-0.4, -0.2) is 93.2 Å². The van der Waals surface area contributed by atoms with Crippen molar-refractivity contribution >= 4 is 12.0 Å². The first-order valence-electron chi connectivity index (χ1n) is 14.2. The Kier molecular flexibility index (Phi) is 8.93. The molecule has 2 amide bonds. The van der Waals surface area contributed by atoms with Crippen molar-refractivity contribution in [1.82, 2.24) is 19.4 Å². The normalized spacial score (nSPS) is 22.6. The minimum atomic E-state index is -1.11. The molecule has 0 spiro atoms. The average molecular weight is 580 g/mol. The van der Waals surface area contributed by atoms with E-state index in [0.717, 1.165) is 18.4 Å². The number of carbonyl (C=O) groups excluding carboxylic acids is 1. The Morgan fingerprint density at radius 1 is 1.17 bits per heavy atom. The van der Waals surface area contributed by atoms with E-state index in [9.17, 15) is 25.0 Å². The molecule has 2 N–H and O–H groups in total. The molecule has 12 heteroatoms. The van der Waals surface area contributed by atoms with Gasteiger partial charge in [0.2, 0.25) is 6.20 Å². The number of aromatic nitrogens is 3. The highest BCUT2D eigenvalue weighted by Gasteiger charge is 2.43. The number of rotatable bonds is 9. The predicted molar refractivity (Wildman–Crippen MR) is 152 cm³/mol. The predicted octanol–water partition coefficient (Wildman–Crippen LogP) is 2.95. The highest BCUT2D eigenvalue weighted by Crippen LogP contribution is 2.41. The van der Waals surface area contributed by atoms with Crippen LogP contribution in [0.5, 0.6) is 5.75 Å². The molecule has 1 aliphatic heterocycles. The molecule has 2 fully saturated rings. The Morgan fingerprint density at radius 2 is 1.98 bits per heavy atom. The zero-order valence-corrected chi connectivity index (χ0v) is 23.7. The summed E-state index contributed by atoms with van der Waals surface area (Å²) in [5.74, 6) is 0.0725. The van der Waals surface area contributed by atoms with Crippen LogP contribution in [0.3, 0.4) is 0 Å². The van der Waals surface area contributed by atoms with Crippen molar-refractivity contribution in [2.45, 2.75) is 49.8 Å². The number of piperazine rings is 1. The molecule has 0 radical (unpaired) electrons. The first-order valence-corrected chi connectivity index (χ1v) is 14.2. The lowest BCUT2D eigenvalue weighted by atomic mass is 9.80. The maximum Gasteiger partial charge on any atom is 0.407 e. The van der Waals surface area contributed by atoms with Crippen LogP contribution in [0.25, 0.3) is 11.3 Å². The van der Waals surface area contributed by atoms with Crippen LogP contribution in [0, 0.1) is 5.21 Å². The largest absolute Gasteiger partial charge is 0.619 e. The molecule has 42 heavy (non-hydrogen) atoms. The fraction of sp³-hybridized carbons (Fsp3) is 0.467. The van der Waals surface area contributed by atoms with Gasteiger partial charge in [-0.3, -0.25) is 4.79 Å². The van der Waals surface area contributed by atoms with Gasteiger partial charge >= 0.3 is 6.09 Å². The second-order valence-corrected chi connectivity index (χ2v) is 10.9. The fourth-order valence-electron chi connectivity index (χ4n) is 6.17. The third-order valence-electron chi connectivity index (χ3n) is 8.21. The maximum atomic E-state index is 14.3. The third kappa shape index (κ3) is 6.19. The quantitative estimate of drug-likeness (QED) is 0.291. The summed E-state index contributed by atoms with van der Waals surface area (Å²) < 4.78 is 13.7. The molecule has 12 nitrogen and oxygen atoms in total. The molecular weight excluding hydrogens is 542 g/mol. The number of ether oxygens (including phenoxy) is 2. The van der Waals surface area contributed by atoms with Gasteiger partial charge in [-0.15, -0.1) is 0 Å². The summed E-state index contributed by atoms with van der Waals surface area (Å²) in [6, 6.07) is 11.9. The van der Waals surface area contributed by atoms with Crippen LogP contribution in [0.1, 0.15) is 48.6 Å². The van der Waals surface area contributed by atoms with Crippen LogP contribution in [0.15, 0.2) is 61.2 Å². The van der Waals surface area contributed by atoms with Gasteiger partial charge in [-0.05, 0) is 18.9 Å². The van der Waals surface area contributed by atoms with Gasteiger partial charge < -0.3 is 39.3 Å². The summed E-state index contributed by atoms with van der Waals surface area (Å²) in [5, 5.41) is 32.9. The first kappa shape index (κ1) is 29.3. The smallest absolute Gasteiger partial charge is 0.407 e. The molecule has 1 saturated heterocycles. The maximum absolute atomic E-state index is 14.3. The van der Waals surface area contributed by atoms with E-state index in [-0.39, 0.29) is 50.5 Å². The minimum absolute atomic E-state index is 0.123. The van der Waals surface area contributed by atoms with Gasteiger partial charge in [-0.1, -0.05) is 43.2 Å². The van der Waals surface area contributed by atoms with E-state index in [1.54, 1.807) is 30.5 Å². The topological polar surface area (TPSA) is 144 Å². The third-order valence-corrected chi connectivity index (χ3v) is 8.21. The molecule has 2 aliphatic rings. The number of pyridine rings is 1. The zero-order chi connectivity index (χ0) is 29.7. The second kappa shape index (κ2) is 12.8. The molecule has 5 rings (SSSR count). The number of carboxylic acid groups (broad SMARTS) is 1. The lowest BCUT2D eigenvalue weighted by Crippen LogP contribution is -2.56. The fourth-order valence-corrected chi connectivity index (χ4v) is 6.17. The van der Waals surface area contributed by atoms with Gasteiger partial charge in [0.25, 0.3) is 5.91 Å². The van der Waals surface area contributed by atoms with Crippen molar-refractivity contribution in [1.29, 1.82) is 0 Å². The number of hydrogen-bond donors (Lipinski definition) is 2. The second-order valence-electron chi connectivity index (χ2n) is 10.9. The number of hydrogen-bond acceptors (Lipinski definition) is 7. The Labute approximate surface area is 244 Å². The summed E-state index contributed by atoms with van der Waals surface area (Å²) in [7, 11) is 1.57. The number of carbonyl (C=O) groups is 2. The summed E-state index contributed by atoms with van der Waals surface area (Å²) in [5.41, 5.74) is 0.547. The lowest BCUT2D eigenvalue weighted by molar-refractivity contribution is -0.605. The Hall–Kier alpha value is -4.16. The van der Waals surface area contributed by atoms with E-state index >= 15 is 0 Å². The van der Waals surface area contributed by atoms with E-state index in [2.05, 4.69) is 4.98 Å². The van der Waals surface area contributed by atoms with Gasteiger partial charge in [-0.25, -0.2) is 9.78 Å². The van der Waals surface area contributed by atoms with E-state index in [1.165, 1.54) is 17.3 Å². The van der Waals surface area contributed by atoms with Crippen molar-refractivity contribution in [2.75, 3.05) is 40.0 Å². The van der Waals surface area contributed by atoms with Gasteiger partial charge in [0.1, 0.15) is 5.60 Å². The van der Waals surface area contributed by atoms with Gasteiger partial charge in [-0.2, -0.15) is 4.73 Å². The Balaban J connectivity index is 1.46. The van der Waals surface area contributed by atoms with E-state index < -0.39 is 17.7 Å². The van der Waals surface area contributed by atoms with Gasteiger partial charge in [0.05, 0.1) is 37.3 Å². The van der Waals surface area contributed by atoms with Crippen molar-refractivity contribution in [3.63, 3.8) is 0 Å². The van der Waals surface area contributed by atoms with Gasteiger partial charge in [0, 0.05) is 44.8 Å². The highest BCUT2D eigenvalue weighted by molar-refractivity contribution is 5.98. The van der Waals surface area contributed by atoms with Crippen LogP contribution < -0.4 is 9.47 Å². The summed E-state index contributed by atoms with van der Waals surface area (Å²) in [6.45, 7) is 0.835. The van der Waals surface area contributed by atoms with Crippen LogP contribution in [0.2, 0.25) is 0 Å². The molecule has 3 aromatic rings. The van der Waals surface area contributed by atoms with E-state index in [0.29, 0.717) is 35.4 Å². The number of imidazole rings is 1. The number of methoxy groups -OCH3 is 1. The molecule has 1 aromatic carbocycles. The Bertz CT molecular complexity index is 1380. The molecular formula is C30H37N5O7. The molecule has 224 valence electrons. The number of benzene rings is 1. The Morgan fingerprint density at radius 3 is 2.71 bits per heavy atom. The van der Waals surface area contributed by atoms with E-state index in [4.69, 9.17) is 9.47 Å². The highest BCUT2D eigenvalue weighted by atomic mass is 16.5. The van der Waals surface area contributed by atoms with Crippen LogP contribution in [0.4, 0.5) is 4.79 Å². The van der Waals surface area contributed by atoms with Gasteiger partial charge in [0.15, 0.2) is 17.6 Å². The standard InChI is InChI=1S/C30H37N5O7/c1-41-20-30(39)13-6-5-11-25(30)35-21-31-26(27(35)22-8-3-2-4-9-22)28(36)34-16-15-32(29(37)38)18-23(34)12-17-42-24-10-7-14-33(40)19-24/h2-4,7-10,14,19,21,23,25,39H,5-6,11-13,15-18,20H2,1H3,(H,37,38)/t23-,25-,30-/m1/s1. The van der Waals surface area contributed by atoms with Crippen molar-refractivity contribution in [2.24, 2.45) is 0 Å². The summed E-state index contributed by atoms with van der Waals surface area (Å²) in [4.78, 5) is 33.7. The minimum Gasteiger partial charge on any atom is -0.619 e. The zero-order valence-electron chi connectivity index (χ0n) is 23.7. The van der Waals surface area contributed by atoms with Crippen molar-refractivity contribution in [3.05, 3.63) is 72.1 Å². The molecule has 3 atom stereocenters.